The van der Waals surface area contributed by atoms with Crippen molar-refractivity contribution in [2.75, 3.05) is 18.8 Å². The van der Waals surface area contributed by atoms with Crippen LogP contribution in [0.3, 0.4) is 0 Å². The molecule has 1 unspecified atom stereocenters. The Balaban J connectivity index is 1.75. The van der Waals surface area contributed by atoms with Gasteiger partial charge in [0, 0.05) is 25.4 Å². The molecule has 0 amide bonds. The number of hydrogen-bond donors (Lipinski definition) is 1. The van der Waals surface area contributed by atoms with Crippen LogP contribution in [0.4, 0.5) is 8.78 Å². The summed E-state index contributed by atoms with van der Waals surface area (Å²) >= 11 is 0. The van der Waals surface area contributed by atoms with Gasteiger partial charge in [-0.1, -0.05) is 12.8 Å². The van der Waals surface area contributed by atoms with E-state index < -0.39 is 39.0 Å². The lowest BCUT2D eigenvalue weighted by atomic mass is 9.81. The minimum absolute atomic E-state index is 0.0619. The first-order valence-corrected chi connectivity index (χ1v) is 9.87. The Morgan fingerprint density at radius 3 is 2.52 bits per heavy atom. The van der Waals surface area contributed by atoms with Crippen LogP contribution in [0.1, 0.15) is 44.9 Å². The summed E-state index contributed by atoms with van der Waals surface area (Å²) in [5.41, 5.74) is -1.01. The standard InChI is InChI=1S/C15H23F2NO4S/c16-15(17)7-2-1-4-12(15)9-23(21,22)18-8-11-5-3-6-14(11,10-18)13(19)20/h11-12H,1-10H2,(H,19,20)/t11-,12?,14+/m0/s1. The molecular weight excluding hydrogens is 328 g/mol. The molecule has 23 heavy (non-hydrogen) atoms. The quantitative estimate of drug-likeness (QED) is 0.843. The smallest absolute Gasteiger partial charge is 0.311 e. The lowest BCUT2D eigenvalue weighted by Crippen LogP contribution is -2.42. The van der Waals surface area contributed by atoms with Crippen molar-refractivity contribution >= 4 is 16.0 Å². The number of carboxylic acids is 1. The SMILES string of the molecule is O=C(O)[C@@]12CCC[C@H]1CN(S(=O)(=O)CC1CCCCC1(F)F)C2. The highest BCUT2D eigenvalue weighted by molar-refractivity contribution is 7.89. The van der Waals surface area contributed by atoms with Crippen LogP contribution in [0.5, 0.6) is 0 Å². The molecule has 3 fully saturated rings. The van der Waals surface area contributed by atoms with Crippen molar-refractivity contribution in [3.63, 3.8) is 0 Å². The van der Waals surface area contributed by atoms with Gasteiger partial charge in [0.1, 0.15) is 0 Å². The van der Waals surface area contributed by atoms with Gasteiger partial charge in [-0.2, -0.15) is 0 Å². The second-order valence-corrected chi connectivity index (χ2v) is 9.34. The summed E-state index contributed by atoms with van der Waals surface area (Å²) in [6.07, 6.45) is 2.96. The lowest BCUT2D eigenvalue weighted by molar-refractivity contribution is -0.149. The fraction of sp³-hybridized carbons (Fsp3) is 0.933. The normalized spacial score (nSPS) is 37.7. The number of nitrogens with zero attached hydrogens (tertiary/aromatic N) is 1. The Bertz CT molecular complexity index is 594. The van der Waals surface area contributed by atoms with Gasteiger partial charge in [0.2, 0.25) is 10.0 Å². The van der Waals surface area contributed by atoms with Gasteiger partial charge in [0.15, 0.2) is 0 Å². The molecule has 0 aromatic heterocycles. The molecule has 0 aromatic carbocycles. The topological polar surface area (TPSA) is 74.7 Å². The summed E-state index contributed by atoms with van der Waals surface area (Å²) in [4.78, 5) is 11.6. The molecule has 1 heterocycles. The van der Waals surface area contributed by atoms with Crippen LogP contribution in [-0.4, -0.2) is 48.6 Å². The number of sulfonamides is 1. The van der Waals surface area contributed by atoms with E-state index in [9.17, 15) is 27.1 Å². The van der Waals surface area contributed by atoms with Crippen LogP contribution in [0.15, 0.2) is 0 Å². The number of rotatable bonds is 4. The molecule has 0 spiro atoms. The molecule has 8 heteroatoms. The maximum atomic E-state index is 13.9. The highest BCUT2D eigenvalue weighted by Crippen LogP contribution is 2.50. The zero-order chi connectivity index (χ0) is 16.9. The van der Waals surface area contributed by atoms with E-state index >= 15 is 0 Å². The van der Waals surface area contributed by atoms with Crippen molar-refractivity contribution in [3.8, 4) is 0 Å². The van der Waals surface area contributed by atoms with E-state index in [1.807, 2.05) is 0 Å². The largest absolute Gasteiger partial charge is 0.481 e. The van der Waals surface area contributed by atoms with Crippen LogP contribution in [0.2, 0.25) is 0 Å². The Morgan fingerprint density at radius 1 is 1.17 bits per heavy atom. The summed E-state index contributed by atoms with van der Waals surface area (Å²) in [7, 11) is -3.85. The van der Waals surface area contributed by atoms with E-state index in [2.05, 4.69) is 0 Å². The third-order valence-electron chi connectivity index (χ3n) is 5.98. The first-order valence-electron chi connectivity index (χ1n) is 8.26. The molecule has 2 aliphatic carbocycles. The second-order valence-electron chi connectivity index (χ2n) is 7.33. The molecule has 132 valence electrons. The maximum Gasteiger partial charge on any atom is 0.311 e. The van der Waals surface area contributed by atoms with Crippen molar-refractivity contribution in [2.45, 2.75) is 50.9 Å². The summed E-state index contributed by atoms with van der Waals surface area (Å²) in [5.74, 6) is -5.81. The van der Waals surface area contributed by atoms with Crippen LogP contribution in [0.25, 0.3) is 0 Å². The molecule has 3 rings (SSSR count). The van der Waals surface area contributed by atoms with E-state index in [1.54, 1.807) is 0 Å². The van der Waals surface area contributed by atoms with Crippen molar-refractivity contribution in [2.24, 2.45) is 17.3 Å². The summed E-state index contributed by atoms with van der Waals surface area (Å²) in [5, 5.41) is 9.52. The number of aliphatic carboxylic acids is 1. The first-order chi connectivity index (χ1) is 10.7. The number of hydrogen-bond acceptors (Lipinski definition) is 3. The molecule has 0 radical (unpaired) electrons. The van der Waals surface area contributed by atoms with E-state index in [0.717, 1.165) is 10.7 Å². The lowest BCUT2D eigenvalue weighted by Gasteiger charge is -2.32. The number of fused-ring (bicyclic) bond motifs is 1. The molecule has 2 saturated carbocycles. The number of alkyl halides is 2. The average molecular weight is 351 g/mol. The predicted molar refractivity (Wildman–Crippen MR) is 79.7 cm³/mol. The van der Waals surface area contributed by atoms with Crippen LogP contribution in [0, 0.1) is 17.3 Å². The van der Waals surface area contributed by atoms with Gasteiger partial charge >= 0.3 is 5.97 Å². The van der Waals surface area contributed by atoms with Gasteiger partial charge in [-0.05, 0) is 31.6 Å². The highest BCUT2D eigenvalue weighted by atomic mass is 32.2. The third-order valence-corrected chi connectivity index (χ3v) is 7.87. The summed E-state index contributed by atoms with van der Waals surface area (Å²) in [6, 6.07) is 0. The van der Waals surface area contributed by atoms with Crippen LogP contribution < -0.4 is 0 Å². The van der Waals surface area contributed by atoms with E-state index in [1.165, 1.54) is 0 Å². The molecule has 3 atom stereocenters. The van der Waals surface area contributed by atoms with Crippen molar-refractivity contribution in [3.05, 3.63) is 0 Å². The van der Waals surface area contributed by atoms with Gasteiger partial charge in [0.25, 0.3) is 5.92 Å². The molecule has 3 aliphatic rings. The van der Waals surface area contributed by atoms with Gasteiger partial charge in [-0.3, -0.25) is 4.79 Å². The predicted octanol–water partition coefficient (Wildman–Crippen LogP) is 2.33. The minimum Gasteiger partial charge on any atom is -0.481 e. The summed E-state index contributed by atoms with van der Waals surface area (Å²) in [6.45, 7) is 0.0978. The van der Waals surface area contributed by atoms with Gasteiger partial charge in [0.05, 0.1) is 11.2 Å². The number of halogens is 2. The van der Waals surface area contributed by atoms with Crippen molar-refractivity contribution < 1.29 is 27.1 Å². The van der Waals surface area contributed by atoms with Gasteiger partial charge in [-0.25, -0.2) is 21.5 Å². The Morgan fingerprint density at radius 2 is 1.91 bits per heavy atom. The fourth-order valence-corrected chi connectivity index (χ4v) is 6.50. The maximum absolute atomic E-state index is 13.9. The van der Waals surface area contributed by atoms with E-state index in [0.29, 0.717) is 25.7 Å². The molecule has 1 aliphatic heterocycles. The Labute approximate surface area is 135 Å². The molecule has 1 saturated heterocycles. The average Bonchev–Trinajstić information content (AvgIpc) is 2.99. The highest BCUT2D eigenvalue weighted by Gasteiger charge is 2.57. The molecule has 5 nitrogen and oxygen atoms in total. The zero-order valence-corrected chi connectivity index (χ0v) is 13.8. The first kappa shape index (κ1) is 17.1. The Hall–Kier alpha value is -0.760. The molecule has 1 N–H and O–H groups in total. The van der Waals surface area contributed by atoms with Crippen molar-refractivity contribution in [1.82, 2.24) is 4.31 Å². The monoisotopic (exact) mass is 351 g/mol. The van der Waals surface area contributed by atoms with E-state index in [-0.39, 0.29) is 31.8 Å². The third kappa shape index (κ3) is 2.88. The number of carboxylic acid groups (broad SMARTS) is 1. The minimum atomic E-state index is -3.85. The van der Waals surface area contributed by atoms with Crippen LogP contribution in [-0.2, 0) is 14.8 Å². The molecule has 0 aromatic rings. The van der Waals surface area contributed by atoms with Gasteiger partial charge in [-0.15, -0.1) is 0 Å². The fourth-order valence-electron chi connectivity index (χ4n) is 4.54. The number of carbonyl (C=O) groups is 1. The van der Waals surface area contributed by atoms with Gasteiger partial charge < -0.3 is 5.11 Å². The Kier molecular flexibility index (Phi) is 4.20. The van der Waals surface area contributed by atoms with E-state index in [4.69, 9.17) is 0 Å². The molecule has 0 bridgehead atoms. The van der Waals surface area contributed by atoms with Crippen LogP contribution >= 0.6 is 0 Å². The zero-order valence-electron chi connectivity index (χ0n) is 13.0. The second kappa shape index (κ2) is 5.65. The molecular formula is C15H23F2NO4S. The summed E-state index contributed by atoms with van der Waals surface area (Å²) < 4.78 is 54.2. The van der Waals surface area contributed by atoms with Crippen molar-refractivity contribution in [1.29, 1.82) is 0 Å².